The molecule has 78 valence electrons. The van der Waals surface area contributed by atoms with Gasteiger partial charge in [0, 0.05) is 25.2 Å². The lowest BCUT2D eigenvalue weighted by molar-refractivity contribution is 0.0783. The van der Waals surface area contributed by atoms with Crippen LogP contribution in [-0.4, -0.2) is 23.0 Å². The van der Waals surface area contributed by atoms with Gasteiger partial charge in [-0.2, -0.15) is 4.37 Å². The molecule has 0 radical (unpaired) electrons. The lowest BCUT2D eigenvalue weighted by Crippen LogP contribution is -2.06. The fourth-order valence-corrected chi connectivity index (χ4v) is 2.15. The molecule has 0 saturated heterocycles. The zero-order chi connectivity index (χ0) is 9.97. The molecule has 4 nitrogen and oxygen atoms in total. The molecule has 5 heteroatoms. The molecule has 1 fully saturated rings. The largest absolute Gasteiger partial charge is 0.373 e. The highest BCUT2D eigenvalue weighted by Gasteiger charge is 2.34. The third-order valence-corrected chi connectivity index (χ3v) is 3.02. The molecule has 14 heavy (non-hydrogen) atoms. The third kappa shape index (κ3) is 2.04. The van der Waals surface area contributed by atoms with E-state index in [0.717, 1.165) is 17.5 Å². The first-order valence-corrected chi connectivity index (χ1v) is 5.72. The first-order valence-electron chi connectivity index (χ1n) is 4.95. The molecule has 1 unspecified atom stereocenters. The zero-order valence-electron chi connectivity index (χ0n) is 8.49. The van der Waals surface area contributed by atoms with Gasteiger partial charge in [-0.3, -0.25) is 0 Å². The van der Waals surface area contributed by atoms with Gasteiger partial charge in [0.1, 0.15) is 6.10 Å². The van der Waals surface area contributed by atoms with Gasteiger partial charge in [0.15, 0.2) is 5.82 Å². The van der Waals surface area contributed by atoms with Crippen LogP contribution in [0.1, 0.15) is 31.7 Å². The number of rotatable bonds is 5. The summed E-state index contributed by atoms with van der Waals surface area (Å²) in [7, 11) is 1.73. The normalized spacial score (nSPS) is 18.1. The highest BCUT2D eigenvalue weighted by molar-refractivity contribution is 7.09. The Kier molecular flexibility index (Phi) is 2.98. The second-order valence-corrected chi connectivity index (χ2v) is 4.23. The average Bonchev–Trinajstić information content (AvgIpc) is 2.90. The SMILES string of the molecule is CCNc1nc(C(OC)C2CC2)ns1. The van der Waals surface area contributed by atoms with Crippen LogP contribution in [0.15, 0.2) is 0 Å². The summed E-state index contributed by atoms with van der Waals surface area (Å²) in [5.41, 5.74) is 0. The van der Waals surface area contributed by atoms with Gasteiger partial charge in [-0.25, -0.2) is 4.98 Å². The minimum Gasteiger partial charge on any atom is -0.373 e. The van der Waals surface area contributed by atoms with E-state index in [1.165, 1.54) is 24.4 Å². The number of anilines is 1. The van der Waals surface area contributed by atoms with Crippen molar-refractivity contribution in [1.82, 2.24) is 9.36 Å². The van der Waals surface area contributed by atoms with Crippen molar-refractivity contribution in [2.24, 2.45) is 5.92 Å². The molecule has 0 amide bonds. The van der Waals surface area contributed by atoms with Gasteiger partial charge in [0.2, 0.25) is 5.13 Å². The monoisotopic (exact) mass is 213 g/mol. The number of hydrogen-bond donors (Lipinski definition) is 1. The van der Waals surface area contributed by atoms with Crippen molar-refractivity contribution in [3.05, 3.63) is 5.82 Å². The van der Waals surface area contributed by atoms with Crippen LogP contribution >= 0.6 is 11.5 Å². The number of methoxy groups -OCH3 is 1. The number of aromatic nitrogens is 2. The van der Waals surface area contributed by atoms with Crippen molar-refractivity contribution in [2.45, 2.75) is 25.9 Å². The predicted octanol–water partition coefficient (Wildman–Crippen LogP) is 2.07. The molecule has 0 aliphatic heterocycles. The molecule has 1 heterocycles. The van der Waals surface area contributed by atoms with E-state index in [4.69, 9.17) is 4.74 Å². The molecule has 1 aliphatic carbocycles. The van der Waals surface area contributed by atoms with Crippen molar-refractivity contribution in [2.75, 3.05) is 19.0 Å². The lowest BCUT2D eigenvalue weighted by atomic mass is 10.2. The van der Waals surface area contributed by atoms with Crippen molar-refractivity contribution < 1.29 is 4.74 Å². The van der Waals surface area contributed by atoms with Crippen LogP contribution in [0.5, 0.6) is 0 Å². The van der Waals surface area contributed by atoms with Crippen molar-refractivity contribution in [3.63, 3.8) is 0 Å². The van der Waals surface area contributed by atoms with Crippen molar-refractivity contribution in [3.8, 4) is 0 Å². The van der Waals surface area contributed by atoms with Crippen LogP contribution in [-0.2, 0) is 4.74 Å². The molecule has 1 aromatic rings. The Labute approximate surface area is 87.9 Å². The molecule has 1 atom stereocenters. The summed E-state index contributed by atoms with van der Waals surface area (Å²) in [4.78, 5) is 4.40. The Morgan fingerprint density at radius 3 is 3.00 bits per heavy atom. The zero-order valence-corrected chi connectivity index (χ0v) is 9.30. The number of nitrogens with one attached hydrogen (secondary N) is 1. The van der Waals surface area contributed by atoms with Crippen LogP contribution in [0.3, 0.4) is 0 Å². The first-order chi connectivity index (χ1) is 6.85. The number of hydrogen-bond acceptors (Lipinski definition) is 5. The molecule has 1 N–H and O–H groups in total. The van der Waals surface area contributed by atoms with Crippen molar-refractivity contribution in [1.29, 1.82) is 0 Å². The maximum Gasteiger partial charge on any atom is 0.202 e. The van der Waals surface area contributed by atoms with E-state index in [0.29, 0.717) is 5.92 Å². The minimum absolute atomic E-state index is 0.110. The maximum atomic E-state index is 5.41. The average molecular weight is 213 g/mol. The molecule has 2 rings (SSSR count). The summed E-state index contributed by atoms with van der Waals surface area (Å²) in [6, 6.07) is 0. The fraction of sp³-hybridized carbons (Fsp3) is 0.778. The molecule has 1 saturated carbocycles. The van der Waals surface area contributed by atoms with Gasteiger partial charge >= 0.3 is 0 Å². The third-order valence-electron chi connectivity index (χ3n) is 2.33. The van der Waals surface area contributed by atoms with Gasteiger partial charge < -0.3 is 10.1 Å². The molecule has 0 aromatic carbocycles. The van der Waals surface area contributed by atoms with Crippen LogP contribution in [0.2, 0.25) is 0 Å². The van der Waals surface area contributed by atoms with E-state index in [2.05, 4.69) is 21.6 Å². The lowest BCUT2D eigenvalue weighted by Gasteiger charge is -2.09. The predicted molar refractivity (Wildman–Crippen MR) is 56.5 cm³/mol. The van der Waals surface area contributed by atoms with Crippen LogP contribution in [0.25, 0.3) is 0 Å². The van der Waals surface area contributed by atoms with Gasteiger partial charge in [-0.15, -0.1) is 0 Å². The van der Waals surface area contributed by atoms with E-state index in [1.807, 2.05) is 0 Å². The Morgan fingerprint density at radius 1 is 1.64 bits per heavy atom. The minimum atomic E-state index is 0.110. The van der Waals surface area contributed by atoms with E-state index < -0.39 is 0 Å². The summed E-state index contributed by atoms with van der Waals surface area (Å²) in [5.74, 6) is 1.49. The summed E-state index contributed by atoms with van der Waals surface area (Å²) in [6.45, 7) is 2.94. The smallest absolute Gasteiger partial charge is 0.202 e. The van der Waals surface area contributed by atoms with E-state index in [-0.39, 0.29) is 6.10 Å². The highest BCUT2D eigenvalue weighted by atomic mass is 32.1. The number of ether oxygens (including phenoxy) is 1. The Hall–Kier alpha value is -0.680. The van der Waals surface area contributed by atoms with E-state index >= 15 is 0 Å². The first kappa shape index (κ1) is 9.86. The molecular weight excluding hydrogens is 198 g/mol. The Morgan fingerprint density at radius 2 is 2.43 bits per heavy atom. The van der Waals surface area contributed by atoms with E-state index in [1.54, 1.807) is 7.11 Å². The second kappa shape index (κ2) is 4.23. The fourth-order valence-electron chi connectivity index (χ4n) is 1.48. The summed E-state index contributed by atoms with van der Waals surface area (Å²) in [5, 5.41) is 4.05. The van der Waals surface area contributed by atoms with Crippen LogP contribution in [0, 0.1) is 5.92 Å². The van der Waals surface area contributed by atoms with Gasteiger partial charge in [-0.05, 0) is 25.7 Å². The Balaban J connectivity index is 2.05. The Bertz CT molecular complexity index is 298. The maximum absolute atomic E-state index is 5.41. The summed E-state index contributed by atoms with van der Waals surface area (Å²) < 4.78 is 9.72. The quantitative estimate of drug-likeness (QED) is 0.813. The van der Waals surface area contributed by atoms with E-state index in [9.17, 15) is 0 Å². The molecule has 0 bridgehead atoms. The van der Waals surface area contributed by atoms with Gasteiger partial charge in [0.05, 0.1) is 0 Å². The van der Waals surface area contributed by atoms with Crippen LogP contribution < -0.4 is 5.32 Å². The molecule has 0 spiro atoms. The van der Waals surface area contributed by atoms with Crippen molar-refractivity contribution >= 4 is 16.7 Å². The topological polar surface area (TPSA) is 47.0 Å². The van der Waals surface area contributed by atoms with Crippen LogP contribution in [0.4, 0.5) is 5.13 Å². The molecule has 1 aliphatic rings. The number of nitrogens with zero attached hydrogens (tertiary/aromatic N) is 2. The van der Waals surface area contributed by atoms with Gasteiger partial charge in [-0.1, -0.05) is 0 Å². The second-order valence-electron chi connectivity index (χ2n) is 3.48. The molecule has 1 aromatic heterocycles. The summed E-state index contributed by atoms with van der Waals surface area (Å²) in [6.07, 6.45) is 2.60. The summed E-state index contributed by atoms with van der Waals surface area (Å²) >= 11 is 1.41. The van der Waals surface area contributed by atoms with Gasteiger partial charge in [0.25, 0.3) is 0 Å². The standard InChI is InChI=1S/C9H15N3OS/c1-3-10-9-11-8(12-14-9)7(13-2)6-4-5-6/h6-7H,3-5H2,1-2H3,(H,10,11,12). The highest BCUT2D eigenvalue weighted by Crippen LogP contribution is 2.42. The molecular formula is C9H15N3OS.